The third-order valence-electron chi connectivity index (χ3n) is 4.08. The molecular formula is C19H16ClN3O3. The molecule has 0 spiro atoms. The fourth-order valence-electron chi connectivity index (χ4n) is 2.86. The Morgan fingerprint density at radius 2 is 1.88 bits per heavy atom. The van der Waals surface area contributed by atoms with Crippen LogP contribution in [0.3, 0.4) is 0 Å². The van der Waals surface area contributed by atoms with Gasteiger partial charge in [-0.1, -0.05) is 29.8 Å². The Kier molecular flexibility index (Phi) is 4.26. The number of benzene rings is 2. The molecule has 1 amide bonds. The average molecular weight is 370 g/mol. The van der Waals surface area contributed by atoms with E-state index in [-0.39, 0.29) is 5.91 Å². The van der Waals surface area contributed by atoms with E-state index in [4.69, 9.17) is 21.1 Å². The van der Waals surface area contributed by atoms with E-state index in [0.717, 1.165) is 0 Å². The van der Waals surface area contributed by atoms with E-state index in [1.165, 1.54) is 0 Å². The van der Waals surface area contributed by atoms with Crippen LogP contribution in [-0.2, 0) is 4.79 Å². The minimum atomic E-state index is -0.783. The van der Waals surface area contributed by atoms with E-state index < -0.39 is 12.2 Å². The number of hydrogen-bond donors (Lipinski definition) is 1. The standard InChI is InChI=1S/C19H16ClN3O3/c1-12-18(26-16-9-3-2-8-15(16)25-12)19(24)22-14-7-4-6-13(20)17(14)23-11-5-10-21-23/h2-12,18H,1H3,(H,22,24)/t12-,18-/m1/s1. The van der Waals surface area contributed by atoms with Gasteiger partial charge >= 0.3 is 0 Å². The fraction of sp³-hybridized carbons (Fsp3) is 0.158. The van der Waals surface area contributed by atoms with Gasteiger partial charge in [0.05, 0.1) is 10.7 Å². The number of halogens is 1. The molecule has 0 aliphatic carbocycles. The monoisotopic (exact) mass is 369 g/mol. The SMILES string of the molecule is C[C@H]1Oc2ccccc2O[C@H]1C(=O)Nc1cccc(Cl)c1-n1cccn1. The summed E-state index contributed by atoms with van der Waals surface area (Å²) in [5.41, 5.74) is 1.14. The van der Waals surface area contributed by atoms with Crippen molar-refractivity contribution in [3.63, 3.8) is 0 Å². The second kappa shape index (κ2) is 6.72. The van der Waals surface area contributed by atoms with Crippen molar-refractivity contribution in [1.29, 1.82) is 0 Å². The van der Waals surface area contributed by atoms with Crippen LogP contribution in [0.5, 0.6) is 11.5 Å². The molecule has 26 heavy (non-hydrogen) atoms. The zero-order valence-corrected chi connectivity index (χ0v) is 14.7. The number of para-hydroxylation sites is 3. The number of anilines is 1. The molecule has 2 heterocycles. The topological polar surface area (TPSA) is 65.4 Å². The summed E-state index contributed by atoms with van der Waals surface area (Å²) in [5.74, 6) is 0.857. The van der Waals surface area contributed by atoms with Gasteiger partial charge in [0.15, 0.2) is 11.5 Å². The first-order valence-electron chi connectivity index (χ1n) is 8.15. The van der Waals surface area contributed by atoms with Gasteiger partial charge in [0, 0.05) is 12.4 Å². The predicted molar refractivity (Wildman–Crippen MR) is 98.2 cm³/mol. The Bertz CT molecular complexity index is 943. The quantitative estimate of drug-likeness (QED) is 0.764. The molecule has 3 aromatic rings. The number of amides is 1. The number of nitrogens with one attached hydrogen (secondary N) is 1. The Hall–Kier alpha value is -2.99. The second-order valence-corrected chi connectivity index (χ2v) is 6.29. The lowest BCUT2D eigenvalue weighted by atomic mass is 10.1. The fourth-order valence-corrected chi connectivity index (χ4v) is 3.12. The van der Waals surface area contributed by atoms with Gasteiger partial charge in [0.2, 0.25) is 6.10 Å². The van der Waals surface area contributed by atoms with Crippen molar-refractivity contribution in [1.82, 2.24) is 9.78 Å². The molecule has 2 aromatic carbocycles. The normalized spacial score (nSPS) is 18.4. The van der Waals surface area contributed by atoms with Gasteiger partial charge in [-0.25, -0.2) is 4.68 Å². The highest BCUT2D eigenvalue weighted by Gasteiger charge is 2.34. The van der Waals surface area contributed by atoms with Gasteiger partial charge in [-0.05, 0) is 37.3 Å². The van der Waals surface area contributed by atoms with Crippen LogP contribution in [0.15, 0.2) is 60.9 Å². The highest BCUT2D eigenvalue weighted by atomic mass is 35.5. The van der Waals surface area contributed by atoms with E-state index in [0.29, 0.717) is 27.9 Å². The summed E-state index contributed by atoms with van der Waals surface area (Å²) in [7, 11) is 0. The molecule has 1 aliphatic heterocycles. The van der Waals surface area contributed by atoms with Gasteiger partial charge in [-0.15, -0.1) is 0 Å². The minimum Gasteiger partial charge on any atom is -0.482 e. The Balaban J connectivity index is 1.61. The lowest BCUT2D eigenvalue weighted by Crippen LogP contribution is -2.46. The van der Waals surface area contributed by atoms with Crippen LogP contribution in [0.25, 0.3) is 5.69 Å². The Labute approximate surface area is 155 Å². The summed E-state index contributed by atoms with van der Waals surface area (Å²) in [6, 6.07) is 14.3. The number of hydrogen-bond acceptors (Lipinski definition) is 4. The van der Waals surface area contributed by atoms with Crippen LogP contribution in [0.4, 0.5) is 5.69 Å². The van der Waals surface area contributed by atoms with Crippen molar-refractivity contribution < 1.29 is 14.3 Å². The first-order chi connectivity index (χ1) is 12.6. The molecule has 1 aromatic heterocycles. The molecule has 1 aliphatic rings. The molecular weight excluding hydrogens is 354 g/mol. The molecule has 7 heteroatoms. The molecule has 132 valence electrons. The van der Waals surface area contributed by atoms with Gasteiger partial charge < -0.3 is 14.8 Å². The number of rotatable bonds is 3. The Morgan fingerprint density at radius 1 is 1.12 bits per heavy atom. The van der Waals surface area contributed by atoms with Crippen LogP contribution < -0.4 is 14.8 Å². The zero-order valence-electron chi connectivity index (χ0n) is 13.9. The van der Waals surface area contributed by atoms with E-state index in [1.807, 2.05) is 18.2 Å². The highest BCUT2D eigenvalue weighted by Crippen LogP contribution is 2.34. The molecule has 0 unspecified atom stereocenters. The van der Waals surface area contributed by atoms with Crippen molar-refractivity contribution in [3.05, 3.63) is 65.9 Å². The number of aromatic nitrogens is 2. The van der Waals surface area contributed by atoms with Gasteiger partial charge in [-0.2, -0.15) is 5.10 Å². The molecule has 0 fully saturated rings. The van der Waals surface area contributed by atoms with Crippen molar-refractivity contribution >= 4 is 23.2 Å². The molecule has 0 saturated carbocycles. The first-order valence-corrected chi connectivity index (χ1v) is 8.53. The molecule has 2 atom stereocenters. The Morgan fingerprint density at radius 3 is 2.62 bits per heavy atom. The van der Waals surface area contributed by atoms with E-state index >= 15 is 0 Å². The lowest BCUT2D eigenvalue weighted by Gasteiger charge is -2.31. The van der Waals surface area contributed by atoms with Crippen LogP contribution in [0, 0.1) is 0 Å². The smallest absolute Gasteiger partial charge is 0.269 e. The molecule has 1 N–H and O–H groups in total. The summed E-state index contributed by atoms with van der Waals surface area (Å²) in [4.78, 5) is 12.8. The van der Waals surface area contributed by atoms with Crippen LogP contribution in [0.1, 0.15) is 6.92 Å². The summed E-state index contributed by atoms with van der Waals surface area (Å²) in [6.45, 7) is 1.80. The second-order valence-electron chi connectivity index (χ2n) is 5.88. The zero-order chi connectivity index (χ0) is 18.1. The van der Waals surface area contributed by atoms with Crippen molar-refractivity contribution in [3.8, 4) is 17.2 Å². The van der Waals surface area contributed by atoms with Crippen molar-refractivity contribution in [2.75, 3.05) is 5.32 Å². The first kappa shape index (κ1) is 16.5. The summed E-state index contributed by atoms with van der Waals surface area (Å²) in [6.07, 6.45) is 2.19. The minimum absolute atomic E-state index is 0.317. The summed E-state index contributed by atoms with van der Waals surface area (Å²) >= 11 is 6.32. The number of carbonyl (C=O) groups is 1. The van der Waals surface area contributed by atoms with Gasteiger partial charge in [-0.3, -0.25) is 4.79 Å². The lowest BCUT2D eigenvalue weighted by molar-refractivity contribution is -0.128. The van der Waals surface area contributed by atoms with Gasteiger partial charge in [0.1, 0.15) is 11.8 Å². The third kappa shape index (κ3) is 2.99. The number of fused-ring (bicyclic) bond motifs is 1. The largest absolute Gasteiger partial charge is 0.482 e. The molecule has 0 bridgehead atoms. The van der Waals surface area contributed by atoms with Crippen LogP contribution in [-0.4, -0.2) is 27.9 Å². The van der Waals surface area contributed by atoms with Crippen molar-refractivity contribution in [2.24, 2.45) is 0 Å². The van der Waals surface area contributed by atoms with Crippen LogP contribution >= 0.6 is 11.6 Å². The number of nitrogens with zero attached hydrogens (tertiary/aromatic N) is 2. The number of carbonyl (C=O) groups excluding carboxylic acids is 1. The average Bonchev–Trinajstić information content (AvgIpc) is 3.15. The van der Waals surface area contributed by atoms with Crippen molar-refractivity contribution in [2.45, 2.75) is 19.1 Å². The summed E-state index contributed by atoms with van der Waals surface area (Å²) in [5, 5.41) is 7.56. The highest BCUT2D eigenvalue weighted by molar-refractivity contribution is 6.33. The van der Waals surface area contributed by atoms with Gasteiger partial charge in [0.25, 0.3) is 5.91 Å². The maximum atomic E-state index is 12.8. The molecule has 0 radical (unpaired) electrons. The number of ether oxygens (including phenoxy) is 2. The maximum Gasteiger partial charge on any atom is 0.269 e. The molecule has 0 saturated heterocycles. The maximum absolute atomic E-state index is 12.8. The third-order valence-corrected chi connectivity index (χ3v) is 4.38. The molecule has 4 rings (SSSR count). The summed E-state index contributed by atoms with van der Waals surface area (Å²) < 4.78 is 13.3. The van der Waals surface area contributed by atoms with Crippen LogP contribution in [0.2, 0.25) is 5.02 Å². The molecule has 6 nitrogen and oxygen atoms in total. The van der Waals surface area contributed by atoms with E-state index in [2.05, 4.69) is 10.4 Å². The van der Waals surface area contributed by atoms with E-state index in [1.54, 1.807) is 54.3 Å². The predicted octanol–water partition coefficient (Wildman–Crippen LogP) is 3.69. The van der Waals surface area contributed by atoms with E-state index in [9.17, 15) is 4.79 Å².